The van der Waals surface area contributed by atoms with Gasteiger partial charge in [-0.1, -0.05) is 19.9 Å². The number of fused-ring (bicyclic) bond motifs is 5. The first-order valence-electron chi connectivity index (χ1n) is 12.8. The third-order valence-electron chi connectivity index (χ3n) is 10.1. The molecule has 9 unspecified atom stereocenters. The van der Waals surface area contributed by atoms with Gasteiger partial charge in [-0.25, -0.2) is 0 Å². The fourth-order valence-electron chi connectivity index (χ4n) is 8.57. The minimum atomic E-state index is -0.0799. The standard InChI is InChI=1S/C26H44N2O2/c1-17(5-3-4-6-25(30)28-16-27)20-9-10-22-21(20)11-12-24-23(22)8-7-18-15-19(29)13-14-26(18,24)2/h4,6,17-24,29H,3,5,7-16,27H2,1-2H3,(H,28,30)/b6-4+. The Balaban J connectivity index is 1.34. The second kappa shape index (κ2) is 9.32. The molecule has 4 aliphatic rings. The van der Waals surface area contributed by atoms with E-state index in [-0.39, 0.29) is 18.7 Å². The van der Waals surface area contributed by atoms with Crippen molar-refractivity contribution in [2.45, 2.75) is 90.6 Å². The molecule has 0 saturated heterocycles. The van der Waals surface area contributed by atoms with Gasteiger partial charge in [-0.05, 0) is 124 Å². The summed E-state index contributed by atoms with van der Waals surface area (Å²) in [7, 11) is 0. The van der Waals surface area contributed by atoms with E-state index in [1.807, 2.05) is 6.08 Å². The van der Waals surface area contributed by atoms with E-state index in [9.17, 15) is 9.90 Å². The van der Waals surface area contributed by atoms with Gasteiger partial charge < -0.3 is 16.2 Å². The molecule has 0 aliphatic heterocycles. The molecule has 0 aromatic rings. The monoisotopic (exact) mass is 416 g/mol. The summed E-state index contributed by atoms with van der Waals surface area (Å²) in [5, 5.41) is 12.8. The largest absolute Gasteiger partial charge is 0.393 e. The molecule has 4 aliphatic carbocycles. The molecule has 1 amide bonds. The third kappa shape index (κ3) is 4.24. The molecule has 170 valence electrons. The van der Waals surface area contributed by atoms with Gasteiger partial charge in [0.1, 0.15) is 0 Å². The first-order chi connectivity index (χ1) is 14.4. The number of amides is 1. The molecule has 0 heterocycles. The maximum absolute atomic E-state index is 11.5. The van der Waals surface area contributed by atoms with Crippen molar-refractivity contribution in [2.75, 3.05) is 6.67 Å². The predicted molar refractivity (Wildman–Crippen MR) is 121 cm³/mol. The number of aliphatic hydroxyl groups excluding tert-OH is 1. The number of hydrogen-bond acceptors (Lipinski definition) is 3. The fourth-order valence-corrected chi connectivity index (χ4v) is 8.57. The van der Waals surface area contributed by atoms with Crippen molar-refractivity contribution >= 4 is 5.91 Å². The van der Waals surface area contributed by atoms with Crippen molar-refractivity contribution in [1.82, 2.24) is 5.32 Å². The Labute approximate surface area is 183 Å². The summed E-state index contributed by atoms with van der Waals surface area (Å²) < 4.78 is 0. The molecule has 4 nitrogen and oxygen atoms in total. The molecule has 0 bridgehead atoms. The molecule has 30 heavy (non-hydrogen) atoms. The van der Waals surface area contributed by atoms with Crippen LogP contribution < -0.4 is 11.1 Å². The van der Waals surface area contributed by atoms with Crippen LogP contribution >= 0.6 is 0 Å². The topological polar surface area (TPSA) is 75.4 Å². The molecular formula is C26H44N2O2. The van der Waals surface area contributed by atoms with Crippen LogP contribution in [0.5, 0.6) is 0 Å². The van der Waals surface area contributed by atoms with E-state index in [1.165, 1.54) is 51.4 Å². The van der Waals surface area contributed by atoms with Crippen molar-refractivity contribution in [3.05, 3.63) is 12.2 Å². The lowest BCUT2D eigenvalue weighted by molar-refractivity contribution is -0.116. The lowest BCUT2D eigenvalue weighted by Crippen LogP contribution is -2.52. The van der Waals surface area contributed by atoms with Crippen LogP contribution in [-0.4, -0.2) is 23.8 Å². The zero-order valence-corrected chi connectivity index (χ0v) is 19.2. The van der Waals surface area contributed by atoms with Crippen molar-refractivity contribution < 1.29 is 9.90 Å². The van der Waals surface area contributed by atoms with Crippen molar-refractivity contribution in [3.63, 3.8) is 0 Å². The molecule has 4 saturated carbocycles. The van der Waals surface area contributed by atoms with Crippen molar-refractivity contribution in [2.24, 2.45) is 52.6 Å². The van der Waals surface area contributed by atoms with Crippen LogP contribution in [0.4, 0.5) is 0 Å². The Morgan fingerprint density at radius 3 is 2.70 bits per heavy atom. The molecular weight excluding hydrogens is 372 g/mol. The van der Waals surface area contributed by atoms with Gasteiger partial charge >= 0.3 is 0 Å². The Morgan fingerprint density at radius 1 is 1.13 bits per heavy atom. The number of hydrogen-bond donors (Lipinski definition) is 3. The molecule has 4 fully saturated rings. The lowest BCUT2D eigenvalue weighted by Gasteiger charge is -2.59. The number of allylic oxidation sites excluding steroid dienone is 1. The van der Waals surface area contributed by atoms with Gasteiger partial charge in [-0.15, -0.1) is 0 Å². The molecule has 4 N–H and O–H groups in total. The van der Waals surface area contributed by atoms with Crippen LogP contribution in [0.1, 0.15) is 84.5 Å². The smallest absolute Gasteiger partial charge is 0.244 e. The van der Waals surface area contributed by atoms with Crippen LogP contribution in [0.15, 0.2) is 12.2 Å². The third-order valence-corrected chi connectivity index (χ3v) is 10.1. The summed E-state index contributed by atoms with van der Waals surface area (Å²) in [5.41, 5.74) is 5.84. The zero-order valence-electron chi connectivity index (χ0n) is 19.2. The Hall–Kier alpha value is -0.870. The number of aliphatic hydroxyl groups is 1. The Morgan fingerprint density at radius 2 is 1.90 bits per heavy atom. The van der Waals surface area contributed by atoms with Gasteiger partial charge in [-0.3, -0.25) is 4.79 Å². The molecule has 4 rings (SSSR count). The van der Waals surface area contributed by atoms with Crippen LogP contribution in [0.25, 0.3) is 0 Å². The summed E-state index contributed by atoms with van der Waals surface area (Å²) in [4.78, 5) is 11.5. The molecule has 9 atom stereocenters. The summed E-state index contributed by atoms with van der Waals surface area (Å²) in [6, 6.07) is 0. The van der Waals surface area contributed by atoms with Crippen molar-refractivity contribution in [3.8, 4) is 0 Å². The highest BCUT2D eigenvalue weighted by molar-refractivity contribution is 5.87. The summed E-state index contributed by atoms with van der Waals surface area (Å²) >= 11 is 0. The number of nitrogens with one attached hydrogen (secondary N) is 1. The number of carbonyl (C=O) groups is 1. The Bertz CT molecular complexity index is 635. The maximum Gasteiger partial charge on any atom is 0.244 e. The van der Waals surface area contributed by atoms with E-state index >= 15 is 0 Å². The molecule has 0 radical (unpaired) electrons. The SMILES string of the molecule is CC(CC/C=C/C(=O)NCN)C1CCC2C1CCC1C2CCC2CC(O)CCC21C. The van der Waals surface area contributed by atoms with Crippen LogP contribution in [-0.2, 0) is 4.79 Å². The van der Waals surface area contributed by atoms with Crippen LogP contribution in [0.3, 0.4) is 0 Å². The lowest BCUT2D eigenvalue weighted by atomic mass is 9.47. The quantitative estimate of drug-likeness (QED) is 0.437. The van der Waals surface area contributed by atoms with E-state index in [2.05, 4.69) is 19.2 Å². The van der Waals surface area contributed by atoms with E-state index in [4.69, 9.17) is 5.73 Å². The first kappa shape index (κ1) is 22.3. The number of rotatable bonds is 6. The molecule has 4 heteroatoms. The summed E-state index contributed by atoms with van der Waals surface area (Å²) in [6.45, 7) is 5.24. The maximum atomic E-state index is 11.5. The highest BCUT2D eigenvalue weighted by Crippen LogP contribution is 2.64. The van der Waals surface area contributed by atoms with Gasteiger partial charge in [0.05, 0.1) is 12.8 Å². The van der Waals surface area contributed by atoms with Gasteiger partial charge in [0.25, 0.3) is 0 Å². The highest BCUT2D eigenvalue weighted by atomic mass is 16.3. The summed E-state index contributed by atoms with van der Waals surface area (Å²) in [5.74, 6) is 6.03. The minimum absolute atomic E-state index is 0.0388. The normalized spacial score (nSPS) is 44.2. The van der Waals surface area contributed by atoms with Gasteiger partial charge in [0.15, 0.2) is 0 Å². The molecule has 0 spiro atoms. The molecule has 0 aromatic heterocycles. The highest BCUT2D eigenvalue weighted by Gasteiger charge is 2.56. The number of nitrogens with two attached hydrogens (primary N) is 1. The second-order valence-corrected chi connectivity index (χ2v) is 11.3. The average Bonchev–Trinajstić information content (AvgIpc) is 3.16. The second-order valence-electron chi connectivity index (χ2n) is 11.3. The Kier molecular flexibility index (Phi) is 6.94. The van der Waals surface area contributed by atoms with Crippen LogP contribution in [0, 0.1) is 46.8 Å². The van der Waals surface area contributed by atoms with Crippen LogP contribution in [0.2, 0.25) is 0 Å². The molecule has 0 aromatic carbocycles. The van der Waals surface area contributed by atoms with E-state index in [0.29, 0.717) is 5.41 Å². The predicted octanol–water partition coefficient (Wildman–Crippen LogP) is 4.62. The summed E-state index contributed by atoms with van der Waals surface area (Å²) in [6.07, 6.45) is 17.6. The van der Waals surface area contributed by atoms with Gasteiger partial charge in [-0.2, -0.15) is 0 Å². The number of carbonyl (C=O) groups excluding carboxylic acids is 1. The average molecular weight is 417 g/mol. The van der Waals surface area contributed by atoms with E-state index in [1.54, 1.807) is 6.08 Å². The fraction of sp³-hybridized carbons (Fsp3) is 0.885. The van der Waals surface area contributed by atoms with E-state index < -0.39 is 0 Å². The minimum Gasteiger partial charge on any atom is -0.393 e. The zero-order chi connectivity index (χ0) is 21.3. The first-order valence-corrected chi connectivity index (χ1v) is 12.8. The van der Waals surface area contributed by atoms with E-state index in [0.717, 1.165) is 60.7 Å². The van der Waals surface area contributed by atoms with Gasteiger partial charge in [0, 0.05) is 0 Å². The van der Waals surface area contributed by atoms with Gasteiger partial charge in [0.2, 0.25) is 5.91 Å². The van der Waals surface area contributed by atoms with Crippen molar-refractivity contribution in [1.29, 1.82) is 0 Å².